The summed E-state index contributed by atoms with van der Waals surface area (Å²) in [6.45, 7) is 4.69. The number of fused-ring (bicyclic) bond motifs is 5. The van der Waals surface area contributed by atoms with E-state index in [4.69, 9.17) is 18.9 Å². The summed E-state index contributed by atoms with van der Waals surface area (Å²) < 4.78 is 24.3. The maximum Gasteiger partial charge on any atom is 0.342 e. The number of carbonyl (C=O) groups excluding carboxylic acids is 4. The number of cyclic esters (lactones) is 1. The van der Waals surface area contributed by atoms with Crippen LogP contribution in [0.3, 0.4) is 0 Å². The van der Waals surface area contributed by atoms with E-state index in [1.807, 2.05) is 6.07 Å². The largest absolute Gasteiger partial charge is 0.507 e. The van der Waals surface area contributed by atoms with Crippen LogP contribution in [0, 0.1) is 5.92 Å². The molecule has 0 radical (unpaired) electrons. The molecule has 3 aromatic rings. The highest BCUT2D eigenvalue weighted by atomic mass is 16.5. The fourth-order valence-corrected chi connectivity index (χ4v) is 8.61. The molecule has 2 bridgehead atoms. The fourth-order valence-electron chi connectivity index (χ4n) is 8.61. The van der Waals surface area contributed by atoms with Crippen molar-refractivity contribution in [1.29, 1.82) is 0 Å². The summed E-state index contributed by atoms with van der Waals surface area (Å²) >= 11 is 0. The fraction of sp³-hybridized carbons (Fsp3) is 0.477. The molecular formula is C44H53N3O11. The van der Waals surface area contributed by atoms with Gasteiger partial charge in [-0.1, -0.05) is 18.2 Å². The predicted octanol–water partition coefficient (Wildman–Crippen LogP) is 5.44. The number of aromatic hydroxyl groups is 2. The van der Waals surface area contributed by atoms with Crippen molar-refractivity contribution in [2.75, 3.05) is 34.4 Å². The number of rotatable bonds is 9. The van der Waals surface area contributed by atoms with Crippen LogP contribution in [0.4, 0.5) is 0 Å². The zero-order valence-corrected chi connectivity index (χ0v) is 33.7. The Morgan fingerprint density at radius 1 is 0.966 bits per heavy atom. The maximum atomic E-state index is 14.1. The van der Waals surface area contributed by atoms with Gasteiger partial charge in [-0.2, -0.15) is 0 Å². The van der Waals surface area contributed by atoms with Crippen LogP contribution in [0.2, 0.25) is 0 Å². The molecule has 1 saturated heterocycles. The van der Waals surface area contributed by atoms with Crippen LogP contribution >= 0.6 is 0 Å². The number of Topliss-reactive ketones (excluding diaryl/α,β-unsaturated/α-hetero) is 1. The van der Waals surface area contributed by atoms with Crippen molar-refractivity contribution in [3.05, 3.63) is 80.8 Å². The molecule has 1 fully saturated rings. The molecule has 310 valence electrons. The molecule has 3 aliphatic rings. The average molecular weight is 800 g/mol. The first-order chi connectivity index (χ1) is 27.8. The van der Waals surface area contributed by atoms with Gasteiger partial charge in [-0.15, -0.1) is 0 Å². The van der Waals surface area contributed by atoms with E-state index in [2.05, 4.69) is 5.32 Å². The average Bonchev–Trinajstić information content (AvgIpc) is 3.19. The summed E-state index contributed by atoms with van der Waals surface area (Å²) in [5.74, 6) is -2.76. The number of hydrogen-bond acceptors (Lipinski definition) is 11. The monoisotopic (exact) mass is 799 g/mol. The van der Waals surface area contributed by atoms with Gasteiger partial charge < -0.3 is 43.9 Å². The number of phenolic OH excluding ortho intramolecular Hbond substituents is 2. The highest BCUT2D eigenvalue weighted by molar-refractivity contribution is 5.98. The smallest absolute Gasteiger partial charge is 0.342 e. The molecule has 2 amide bonds. The van der Waals surface area contributed by atoms with Gasteiger partial charge in [-0.3, -0.25) is 19.2 Å². The lowest BCUT2D eigenvalue weighted by atomic mass is 9.83. The molecular weight excluding hydrogens is 746 g/mol. The van der Waals surface area contributed by atoms with Gasteiger partial charge in [0.25, 0.3) is 5.56 Å². The van der Waals surface area contributed by atoms with E-state index in [9.17, 15) is 34.2 Å². The number of hydrogen-bond donors (Lipinski definition) is 3. The minimum absolute atomic E-state index is 0.00807. The van der Waals surface area contributed by atoms with Crippen molar-refractivity contribution in [3.8, 4) is 28.7 Å². The topological polar surface area (TPSA) is 183 Å². The van der Waals surface area contributed by atoms with E-state index in [1.165, 1.54) is 27.4 Å². The molecule has 5 atom stereocenters. The number of esters is 1. The second-order valence-electron chi connectivity index (χ2n) is 15.5. The molecule has 14 nitrogen and oxygen atoms in total. The van der Waals surface area contributed by atoms with Crippen molar-refractivity contribution in [3.63, 3.8) is 0 Å². The Kier molecular flexibility index (Phi) is 13.1. The lowest BCUT2D eigenvalue weighted by Gasteiger charge is -2.43. The number of ether oxygens (including phenoxy) is 4. The number of carbonyl (C=O) groups is 4. The van der Waals surface area contributed by atoms with Gasteiger partial charge in [0.2, 0.25) is 17.6 Å². The molecule has 0 spiro atoms. The zero-order chi connectivity index (χ0) is 41.7. The van der Waals surface area contributed by atoms with Gasteiger partial charge in [0, 0.05) is 68.1 Å². The highest BCUT2D eigenvalue weighted by Crippen LogP contribution is 2.48. The number of methoxy groups -OCH3 is 3. The standard InChI is InChI=1S/C44H53N3O11/c1-25-11-9-14-31(48)13-8-6-7-12-28-18-34(49)40(41(52)39(28)44(54)58-25)32(29-19-35(55-3)42(57-5)36(20-29)56-4)21-37(50)45-26(2)43(53)46-22-27-17-30(24-46)33-15-10-16-38(51)47(33)23-27/h7,10,12,15-16,18-20,25-27,30,32,49,52H,6,8-9,11,13-14,17,21-24H2,1-5H3,(H,45,50)/t25-,26?,27+,30-,32?/m0/s1. The van der Waals surface area contributed by atoms with E-state index in [1.54, 1.807) is 59.7 Å². The van der Waals surface area contributed by atoms with E-state index in [-0.39, 0.29) is 69.4 Å². The number of ketones is 1. The number of piperidine rings is 1. The van der Waals surface area contributed by atoms with Gasteiger partial charge in [-0.25, -0.2) is 4.79 Å². The van der Waals surface area contributed by atoms with Crippen molar-refractivity contribution in [2.45, 2.75) is 95.7 Å². The number of likely N-dealkylation sites (tertiary alicyclic amines) is 1. The summed E-state index contributed by atoms with van der Waals surface area (Å²) in [5.41, 5.74) is 1.10. The third-order valence-electron chi connectivity index (χ3n) is 11.4. The third-order valence-corrected chi connectivity index (χ3v) is 11.4. The number of benzene rings is 2. The Hall–Kier alpha value is -5.79. The quantitative estimate of drug-likeness (QED) is 0.235. The number of phenols is 2. The van der Waals surface area contributed by atoms with Crippen molar-refractivity contribution in [1.82, 2.24) is 14.8 Å². The summed E-state index contributed by atoms with van der Waals surface area (Å²) in [7, 11) is 4.31. The second kappa shape index (κ2) is 18.2. The van der Waals surface area contributed by atoms with Gasteiger partial charge in [0.15, 0.2) is 11.5 Å². The molecule has 1 aromatic heterocycles. The highest BCUT2D eigenvalue weighted by Gasteiger charge is 2.38. The maximum absolute atomic E-state index is 14.1. The Morgan fingerprint density at radius 2 is 1.69 bits per heavy atom. The van der Waals surface area contributed by atoms with Crippen LogP contribution in [0.25, 0.3) is 6.08 Å². The Balaban J connectivity index is 1.34. The third kappa shape index (κ3) is 9.00. The van der Waals surface area contributed by atoms with Gasteiger partial charge in [-0.05, 0) is 87.3 Å². The van der Waals surface area contributed by atoms with Crippen LogP contribution in [-0.2, 0) is 25.7 Å². The minimum Gasteiger partial charge on any atom is -0.507 e. The summed E-state index contributed by atoms with van der Waals surface area (Å²) in [5, 5.41) is 26.6. The number of aromatic nitrogens is 1. The summed E-state index contributed by atoms with van der Waals surface area (Å²) in [6.07, 6.45) is 6.17. The van der Waals surface area contributed by atoms with Gasteiger partial charge >= 0.3 is 5.97 Å². The van der Waals surface area contributed by atoms with Crippen LogP contribution < -0.4 is 25.1 Å². The molecule has 4 heterocycles. The molecule has 58 heavy (non-hydrogen) atoms. The Morgan fingerprint density at radius 3 is 2.40 bits per heavy atom. The Labute approximate surface area is 337 Å². The van der Waals surface area contributed by atoms with E-state index >= 15 is 0 Å². The molecule has 3 N–H and O–H groups in total. The van der Waals surface area contributed by atoms with Crippen LogP contribution in [0.1, 0.15) is 110 Å². The number of nitrogens with one attached hydrogen (secondary N) is 1. The Bertz CT molecular complexity index is 2120. The first-order valence-corrected chi connectivity index (χ1v) is 19.9. The number of allylic oxidation sites excluding steroid dienone is 1. The normalized spacial score (nSPS) is 20.7. The van der Waals surface area contributed by atoms with Crippen molar-refractivity contribution in [2.24, 2.45) is 5.92 Å². The van der Waals surface area contributed by atoms with Gasteiger partial charge in [0.1, 0.15) is 28.9 Å². The minimum atomic E-state index is -1.11. The molecule has 14 heteroatoms. The van der Waals surface area contributed by atoms with Crippen molar-refractivity contribution < 1.29 is 48.3 Å². The van der Waals surface area contributed by atoms with Crippen LogP contribution in [-0.4, -0.2) is 89.8 Å². The predicted molar refractivity (Wildman–Crippen MR) is 215 cm³/mol. The first kappa shape index (κ1) is 41.8. The van der Waals surface area contributed by atoms with E-state index < -0.39 is 41.4 Å². The molecule has 0 aliphatic carbocycles. The SMILES string of the molecule is COc1cc(C(CC(=O)NC(C)C(=O)N2C[C@H]3C[C@@H](C2)c2cccc(=O)n2C3)c2c(O)cc3c(c2O)C(=O)O[C@@H](C)CCCC(=O)CCCC=C3)cc(OC)c1OC. The zero-order valence-electron chi connectivity index (χ0n) is 33.7. The van der Waals surface area contributed by atoms with Crippen LogP contribution in [0.5, 0.6) is 28.7 Å². The lowest BCUT2D eigenvalue weighted by molar-refractivity contribution is -0.138. The van der Waals surface area contributed by atoms with E-state index in [0.29, 0.717) is 63.7 Å². The number of nitrogens with zero attached hydrogens (tertiary/aromatic N) is 2. The molecule has 2 aromatic carbocycles. The second-order valence-corrected chi connectivity index (χ2v) is 15.5. The number of pyridine rings is 1. The van der Waals surface area contributed by atoms with Crippen molar-refractivity contribution >= 4 is 29.6 Å². The lowest BCUT2D eigenvalue weighted by Crippen LogP contribution is -2.54. The molecule has 3 aliphatic heterocycles. The first-order valence-electron chi connectivity index (χ1n) is 19.9. The van der Waals surface area contributed by atoms with Crippen LogP contribution in [0.15, 0.2) is 47.3 Å². The summed E-state index contributed by atoms with van der Waals surface area (Å²) in [4.78, 5) is 68.4. The molecule has 0 saturated carbocycles. The van der Waals surface area contributed by atoms with Gasteiger partial charge in [0.05, 0.1) is 27.4 Å². The molecule has 6 rings (SSSR count). The van der Waals surface area contributed by atoms with E-state index in [0.717, 1.165) is 12.1 Å². The summed E-state index contributed by atoms with van der Waals surface area (Å²) in [6, 6.07) is 8.80. The number of amides is 2. The molecule has 2 unspecified atom stereocenters.